The lowest BCUT2D eigenvalue weighted by molar-refractivity contribution is -0.138. The summed E-state index contributed by atoms with van der Waals surface area (Å²) in [5, 5.41) is 5.60. The van der Waals surface area contributed by atoms with Gasteiger partial charge in [-0.15, -0.1) is 0 Å². The minimum Gasteiger partial charge on any atom is -0.444 e. The molecular weight excluding hydrogens is 414 g/mol. The van der Waals surface area contributed by atoms with Gasteiger partial charge in [0.05, 0.1) is 11.8 Å². The molecule has 0 aliphatic heterocycles. The molecule has 0 saturated heterocycles. The highest BCUT2D eigenvalue weighted by atomic mass is 19.4. The Morgan fingerprint density at radius 3 is 2.58 bits per heavy atom. The van der Waals surface area contributed by atoms with E-state index in [1.807, 2.05) is 6.07 Å². The molecule has 10 heteroatoms. The van der Waals surface area contributed by atoms with E-state index in [0.29, 0.717) is 11.4 Å². The van der Waals surface area contributed by atoms with Crippen LogP contribution in [0.25, 0.3) is 11.3 Å². The predicted octanol–water partition coefficient (Wildman–Crippen LogP) is 5.65. The van der Waals surface area contributed by atoms with Crippen molar-refractivity contribution in [2.75, 3.05) is 10.6 Å². The fourth-order valence-corrected chi connectivity index (χ4v) is 2.94. The van der Waals surface area contributed by atoms with E-state index in [1.165, 1.54) is 24.6 Å². The van der Waals surface area contributed by atoms with Crippen molar-refractivity contribution in [3.8, 4) is 11.3 Å². The van der Waals surface area contributed by atoms with Crippen LogP contribution in [0.5, 0.6) is 0 Å². The first-order valence-electron chi connectivity index (χ1n) is 9.08. The van der Waals surface area contributed by atoms with Crippen molar-refractivity contribution in [2.45, 2.75) is 12.7 Å². The van der Waals surface area contributed by atoms with Gasteiger partial charge in [-0.25, -0.2) is 4.98 Å². The highest BCUT2D eigenvalue weighted by Gasteiger charge is 2.32. The highest BCUT2D eigenvalue weighted by molar-refractivity contribution is 5.66. The second kappa shape index (κ2) is 8.42. The van der Waals surface area contributed by atoms with Crippen molar-refractivity contribution < 1.29 is 22.0 Å². The standard InChI is InChI=1S/C21H15F4N5O/c22-18-9-19(27-10-14-4-1-2-7-16(14)21(23,24)25)30-20(29-18)28-15-6-3-5-13(8-15)17-11-26-12-31-17/h1-9,11-12H,10H2,(H2,27,28,29,30). The summed E-state index contributed by atoms with van der Waals surface area (Å²) < 4.78 is 58.7. The summed E-state index contributed by atoms with van der Waals surface area (Å²) in [4.78, 5) is 11.7. The Labute approximate surface area is 174 Å². The number of aromatic nitrogens is 3. The third-order valence-electron chi connectivity index (χ3n) is 4.31. The zero-order chi connectivity index (χ0) is 21.8. The smallest absolute Gasteiger partial charge is 0.416 e. The van der Waals surface area contributed by atoms with Crippen molar-refractivity contribution in [3.63, 3.8) is 0 Å². The molecule has 0 saturated carbocycles. The van der Waals surface area contributed by atoms with Crippen molar-refractivity contribution in [1.82, 2.24) is 15.0 Å². The molecule has 2 heterocycles. The van der Waals surface area contributed by atoms with Crippen molar-refractivity contribution in [3.05, 3.63) is 84.3 Å². The Morgan fingerprint density at radius 2 is 1.81 bits per heavy atom. The molecule has 2 aromatic carbocycles. The van der Waals surface area contributed by atoms with Gasteiger partial charge in [0.25, 0.3) is 0 Å². The quantitative estimate of drug-likeness (QED) is 0.305. The van der Waals surface area contributed by atoms with Crippen LogP contribution in [0.2, 0.25) is 0 Å². The number of benzene rings is 2. The van der Waals surface area contributed by atoms with Gasteiger partial charge in [-0.1, -0.05) is 30.3 Å². The summed E-state index contributed by atoms with van der Waals surface area (Å²) in [6.45, 7) is -0.188. The molecule has 4 rings (SSSR count). The summed E-state index contributed by atoms with van der Waals surface area (Å²) in [6, 6.07) is 13.2. The topological polar surface area (TPSA) is 75.9 Å². The fourth-order valence-electron chi connectivity index (χ4n) is 2.94. The summed E-state index contributed by atoms with van der Waals surface area (Å²) in [6.07, 6.45) is -1.63. The Balaban J connectivity index is 1.52. The number of hydrogen-bond donors (Lipinski definition) is 2. The molecule has 4 aromatic rings. The predicted molar refractivity (Wildman–Crippen MR) is 106 cm³/mol. The lowest BCUT2D eigenvalue weighted by Gasteiger charge is -2.14. The van der Waals surface area contributed by atoms with Crippen LogP contribution < -0.4 is 10.6 Å². The minimum absolute atomic E-state index is 0.0169. The van der Waals surface area contributed by atoms with Gasteiger partial charge in [-0.2, -0.15) is 27.5 Å². The molecule has 0 bridgehead atoms. The Kier molecular flexibility index (Phi) is 5.52. The highest BCUT2D eigenvalue weighted by Crippen LogP contribution is 2.32. The monoisotopic (exact) mass is 429 g/mol. The van der Waals surface area contributed by atoms with Crippen molar-refractivity contribution in [2.24, 2.45) is 0 Å². The number of anilines is 3. The molecule has 0 unspecified atom stereocenters. The molecule has 2 N–H and O–H groups in total. The number of halogens is 4. The molecule has 0 radical (unpaired) electrons. The first kappa shape index (κ1) is 20.3. The van der Waals surface area contributed by atoms with Crippen molar-refractivity contribution >= 4 is 17.5 Å². The lowest BCUT2D eigenvalue weighted by atomic mass is 10.1. The maximum Gasteiger partial charge on any atom is 0.416 e. The normalized spacial score (nSPS) is 11.4. The van der Waals surface area contributed by atoms with Crippen LogP contribution in [0.4, 0.5) is 35.0 Å². The zero-order valence-electron chi connectivity index (χ0n) is 15.8. The van der Waals surface area contributed by atoms with E-state index in [1.54, 1.807) is 24.4 Å². The van der Waals surface area contributed by atoms with E-state index in [9.17, 15) is 17.6 Å². The molecule has 0 aliphatic carbocycles. The Bertz CT molecular complexity index is 1180. The van der Waals surface area contributed by atoms with Crippen LogP contribution >= 0.6 is 0 Å². The molecule has 6 nitrogen and oxygen atoms in total. The summed E-state index contributed by atoms with van der Waals surface area (Å²) in [7, 11) is 0. The molecule has 0 amide bonds. The first-order valence-corrected chi connectivity index (χ1v) is 9.08. The molecule has 0 atom stereocenters. The number of nitrogens with one attached hydrogen (secondary N) is 2. The number of rotatable bonds is 6. The number of nitrogens with zero attached hydrogens (tertiary/aromatic N) is 3. The Morgan fingerprint density at radius 1 is 0.968 bits per heavy atom. The van der Waals surface area contributed by atoms with E-state index >= 15 is 0 Å². The van der Waals surface area contributed by atoms with E-state index in [4.69, 9.17) is 4.42 Å². The van der Waals surface area contributed by atoms with Gasteiger partial charge in [0, 0.05) is 23.9 Å². The van der Waals surface area contributed by atoms with Crippen LogP contribution in [0.1, 0.15) is 11.1 Å². The largest absolute Gasteiger partial charge is 0.444 e. The lowest BCUT2D eigenvalue weighted by Crippen LogP contribution is -2.12. The summed E-state index contributed by atoms with van der Waals surface area (Å²) in [5.74, 6) is -0.301. The van der Waals surface area contributed by atoms with E-state index in [-0.39, 0.29) is 23.9 Å². The average Bonchev–Trinajstić information content (AvgIpc) is 3.27. The van der Waals surface area contributed by atoms with Crippen LogP contribution in [-0.2, 0) is 12.7 Å². The first-order chi connectivity index (χ1) is 14.9. The second-order valence-electron chi connectivity index (χ2n) is 6.48. The fraction of sp³-hybridized carbons (Fsp3) is 0.0952. The van der Waals surface area contributed by atoms with Gasteiger partial charge in [-0.05, 0) is 23.8 Å². The van der Waals surface area contributed by atoms with Gasteiger partial charge in [0.2, 0.25) is 11.9 Å². The van der Waals surface area contributed by atoms with E-state index in [0.717, 1.165) is 17.7 Å². The number of oxazole rings is 1. The van der Waals surface area contributed by atoms with Crippen LogP contribution in [-0.4, -0.2) is 15.0 Å². The van der Waals surface area contributed by atoms with E-state index < -0.39 is 17.7 Å². The third-order valence-corrected chi connectivity index (χ3v) is 4.31. The van der Waals surface area contributed by atoms with Gasteiger partial charge in [0.15, 0.2) is 12.2 Å². The van der Waals surface area contributed by atoms with Crippen molar-refractivity contribution in [1.29, 1.82) is 0 Å². The molecule has 158 valence electrons. The Hall–Kier alpha value is -3.95. The maximum absolute atomic E-state index is 14.0. The second-order valence-corrected chi connectivity index (χ2v) is 6.48. The zero-order valence-corrected chi connectivity index (χ0v) is 15.8. The SMILES string of the molecule is Fc1cc(NCc2ccccc2C(F)(F)F)nc(Nc2cccc(-c3cnco3)c2)n1. The molecule has 2 aromatic heterocycles. The summed E-state index contributed by atoms with van der Waals surface area (Å²) in [5.41, 5.74) is 0.553. The molecule has 0 spiro atoms. The van der Waals surface area contributed by atoms with E-state index in [2.05, 4.69) is 25.6 Å². The minimum atomic E-state index is -4.49. The molecular formula is C21H15F4N5O. The summed E-state index contributed by atoms with van der Waals surface area (Å²) >= 11 is 0. The van der Waals surface area contributed by atoms with Crippen LogP contribution in [0.3, 0.4) is 0 Å². The van der Waals surface area contributed by atoms with Gasteiger partial charge < -0.3 is 15.1 Å². The maximum atomic E-state index is 14.0. The van der Waals surface area contributed by atoms with Gasteiger partial charge in [0.1, 0.15) is 5.82 Å². The third kappa shape index (κ3) is 4.97. The number of alkyl halides is 3. The van der Waals surface area contributed by atoms with Gasteiger partial charge >= 0.3 is 6.18 Å². The molecule has 0 aliphatic rings. The number of hydrogen-bond acceptors (Lipinski definition) is 6. The van der Waals surface area contributed by atoms with Crippen LogP contribution in [0.15, 0.2) is 71.6 Å². The molecule has 31 heavy (non-hydrogen) atoms. The van der Waals surface area contributed by atoms with Gasteiger partial charge in [-0.3, -0.25) is 0 Å². The molecule has 0 fully saturated rings. The average molecular weight is 429 g/mol. The van der Waals surface area contributed by atoms with Crippen LogP contribution in [0, 0.1) is 5.95 Å².